The van der Waals surface area contributed by atoms with Crippen molar-refractivity contribution >= 4 is 28.6 Å². The second-order valence-electron chi connectivity index (χ2n) is 5.47. The predicted octanol–water partition coefficient (Wildman–Crippen LogP) is 2.78. The molecule has 1 N–H and O–H groups in total. The van der Waals surface area contributed by atoms with Gasteiger partial charge in [-0.3, -0.25) is 9.59 Å². The quantitative estimate of drug-likeness (QED) is 0.856. The first-order valence-electron chi connectivity index (χ1n) is 7.62. The normalized spacial score (nSPS) is 14.7. The number of nitrogens with zero attached hydrogens (tertiary/aromatic N) is 4. The van der Waals surface area contributed by atoms with E-state index in [1.54, 1.807) is 0 Å². The molecular formula is C15H14F3N5O2S. The topological polar surface area (TPSA) is 80.1 Å². The number of halogens is 3. The number of amides is 2. The number of carbonyl (C=O) groups excluding carboxylic acids is 2. The monoisotopic (exact) mass is 385 g/mol. The van der Waals surface area contributed by atoms with Crippen molar-refractivity contribution in [3.63, 3.8) is 0 Å². The van der Waals surface area contributed by atoms with Crippen molar-refractivity contribution < 1.29 is 22.8 Å². The first-order valence-corrected chi connectivity index (χ1v) is 8.61. The van der Waals surface area contributed by atoms with E-state index in [4.69, 9.17) is 0 Å². The fourth-order valence-corrected chi connectivity index (χ4v) is 3.27. The number of rotatable bonds is 5. The van der Waals surface area contributed by atoms with Crippen molar-refractivity contribution in [3.05, 3.63) is 36.4 Å². The van der Waals surface area contributed by atoms with Gasteiger partial charge in [-0.15, -0.1) is 0 Å². The van der Waals surface area contributed by atoms with Gasteiger partial charge in [0.15, 0.2) is 0 Å². The van der Waals surface area contributed by atoms with Gasteiger partial charge < -0.3 is 10.2 Å². The number of carbonyl (C=O) groups is 2. The summed E-state index contributed by atoms with van der Waals surface area (Å²) in [5.74, 6) is 0.181. The first-order chi connectivity index (χ1) is 12.3. The molecule has 3 rings (SSSR count). The van der Waals surface area contributed by atoms with E-state index >= 15 is 0 Å². The van der Waals surface area contributed by atoms with Gasteiger partial charge >= 0.3 is 6.18 Å². The Morgan fingerprint density at radius 1 is 1.35 bits per heavy atom. The summed E-state index contributed by atoms with van der Waals surface area (Å²) in [4.78, 5) is 29.0. The van der Waals surface area contributed by atoms with Crippen LogP contribution in [0.5, 0.6) is 0 Å². The van der Waals surface area contributed by atoms with Gasteiger partial charge in [0.2, 0.25) is 5.91 Å². The molecule has 0 unspecified atom stereocenters. The summed E-state index contributed by atoms with van der Waals surface area (Å²) in [5.41, 5.74) is -0.656. The van der Waals surface area contributed by atoms with Gasteiger partial charge in [-0.05, 0) is 18.2 Å². The Morgan fingerprint density at radius 2 is 2.15 bits per heavy atom. The molecule has 2 amide bonds. The van der Waals surface area contributed by atoms with Crippen LogP contribution in [-0.2, 0) is 11.0 Å². The van der Waals surface area contributed by atoms with E-state index in [1.165, 1.54) is 40.1 Å². The molecule has 1 aliphatic heterocycles. The number of thioether (sulfide) groups is 1. The highest BCUT2D eigenvalue weighted by Crippen LogP contribution is 2.33. The minimum Gasteiger partial charge on any atom is -0.332 e. The molecule has 1 fully saturated rings. The van der Waals surface area contributed by atoms with Crippen LogP contribution in [-0.4, -0.2) is 49.7 Å². The lowest BCUT2D eigenvalue weighted by Crippen LogP contribution is -2.28. The Bertz CT molecular complexity index is 810. The van der Waals surface area contributed by atoms with Crippen LogP contribution >= 0.6 is 11.8 Å². The molecule has 0 spiro atoms. The highest BCUT2D eigenvalue weighted by molar-refractivity contribution is 8.13. The summed E-state index contributed by atoms with van der Waals surface area (Å²) >= 11 is 1.18. The van der Waals surface area contributed by atoms with E-state index in [2.05, 4.69) is 15.4 Å². The third-order valence-electron chi connectivity index (χ3n) is 3.72. The van der Waals surface area contributed by atoms with Crippen molar-refractivity contribution in [1.29, 1.82) is 0 Å². The fourth-order valence-electron chi connectivity index (χ4n) is 2.42. The number of nitrogens with one attached hydrogen (secondary N) is 1. The highest BCUT2D eigenvalue weighted by Gasteiger charge is 2.31. The number of alkyl halides is 3. The van der Waals surface area contributed by atoms with E-state index in [9.17, 15) is 22.8 Å². The van der Waals surface area contributed by atoms with Crippen molar-refractivity contribution in [1.82, 2.24) is 19.7 Å². The molecule has 7 nitrogen and oxygen atoms in total. The number of benzene rings is 1. The molecular weight excluding hydrogens is 371 g/mol. The van der Waals surface area contributed by atoms with Crippen molar-refractivity contribution in [2.45, 2.75) is 12.6 Å². The number of aromatic nitrogens is 3. The smallest absolute Gasteiger partial charge is 0.332 e. The van der Waals surface area contributed by atoms with Gasteiger partial charge in [-0.25, -0.2) is 9.67 Å². The Hall–Kier alpha value is -2.56. The zero-order valence-corrected chi connectivity index (χ0v) is 14.2. The molecule has 0 radical (unpaired) electrons. The molecule has 1 aromatic heterocycles. The van der Waals surface area contributed by atoms with E-state index in [1.807, 2.05) is 0 Å². The average molecular weight is 385 g/mol. The molecule has 138 valence electrons. The van der Waals surface area contributed by atoms with Crippen LogP contribution in [0.2, 0.25) is 0 Å². The Balaban J connectivity index is 1.77. The van der Waals surface area contributed by atoms with Crippen LogP contribution in [0, 0.1) is 0 Å². The van der Waals surface area contributed by atoms with Gasteiger partial charge in [0.25, 0.3) is 5.24 Å². The molecule has 0 atom stereocenters. The zero-order valence-electron chi connectivity index (χ0n) is 13.4. The van der Waals surface area contributed by atoms with Crippen molar-refractivity contribution in [2.24, 2.45) is 0 Å². The SMILES string of the molecule is O=C(CCN1CCSC1=O)Nc1cc(C(F)(F)F)ccc1-n1cncn1. The lowest BCUT2D eigenvalue weighted by Gasteiger charge is -2.16. The number of hydrogen-bond acceptors (Lipinski definition) is 5. The molecule has 11 heteroatoms. The molecule has 2 aromatic rings. The van der Waals surface area contributed by atoms with Crippen LogP contribution in [0.15, 0.2) is 30.9 Å². The summed E-state index contributed by atoms with van der Waals surface area (Å²) in [6.07, 6.45) is -2.00. The van der Waals surface area contributed by atoms with Crippen LogP contribution in [0.4, 0.5) is 23.7 Å². The third-order valence-corrected chi connectivity index (χ3v) is 4.61. The van der Waals surface area contributed by atoms with Gasteiger partial charge in [0.05, 0.1) is 16.9 Å². The standard InChI is InChI=1S/C15H14F3N5O2S/c16-15(17,18)10-1-2-12(23-9-19-8-20-23)11(7-10)21-13(24)3-4-22-5-6-26-14(22)25/h1-2,7-9H,3-6H2,(H,21,24). The molecule has 0 aliphatic carbocycles. The zero-order chi connectivity index (χ0) is 18.7. The predicted molar refractivity (Wildman–Crippen MR) is 89.0 cm³/mol. The molecule has 26 heavy (non-hydrogen) atoms. The van der Waals surface area contributed by atoms with E-state index in [0.29, 0.717) is 12.3 Å². The summed E-state index contributed by atoms with van der Waals surface area (Å²) in [7, 11) is 0. The largest absolute Gasteiger partial charge is 0.416 e. The van der Waals surface area contributed by atoms with Crippen LogP contribution in [0.25, 0.3) is 5.69 Å². The summed E-state index contributed by atoms with van der Waals surface area (Å²) in [5, 5.41) is 6.26. The molecule has 1 aliphatic rings. The van der Waals surface area contributed by atoms with Gasteiger partial charge in [0, 0.05) is 25.3 Å². The van der Waals surface area contributed by atoms with E-state index < -0.39 is 17.6 Å². The molecule has 1 aromatic carbocycles. The Morgan fingerprint density at radius 3 is 2.77 bits per heavy atom. The lowest BCUT2D eigenvalue weighted by atomic mass is 10.1. The third kappa shape index (κ3) is 4.15. The molecule has 1 saturated heterocycles. The number of anilines is 1. The fraction of sp³-hybridized carbons (Fsp3) is 0.333. The Kier molecular flexibility index (Phi) is 5.16. The van der Waals surface area contributed by atoms with E-state index in [0.717, 1.165) is 12.1 Å². The second-order valence-corrected chi connectivity index (χ2v) is 6.52. The van der Waals surface area contributed by atoms with Crippen molar-refractivity contribution in [3.8, 4) is 5.69 Å². The second kappa shape index (κ2) is 7.36. The van der Waals surface area contributed by atoms with E-state index in [-0.39, 0.29) is 29.6 Å². The maximum Gasteiger partial charge on any atom is 0.416 e. The minimum atomic E-state index is -4.54. The minimum absolute atomic E-state index is 0.0145. The van der Waals surface area contributed by atoms with Crippen LogP contribution in [0.3, 0.4) is 0 Å². The van der Waals surface area contributed by atoms with Crippen molar-refractivity contribution in [2.75, 3.05) is 24.2 Å². The summed E-state index contributed by atoms with van der Waals surface area (Å²) < 4.78 is 40.2. The molecule has 0 bridgehead atoms. The highest BCUT2D eigenvalue weighted by atomic mass is 32.2. The van der Waals surface area contributed by atoms with Crippen LogP contribution < -0.4 is 5.32 Å². The first kappa shape index (κ1) is 18.2. The van der Waals surface area contributed by atoms with Gasteiger partial charge in [-0.1, -0.05) is 11.8 Å². The summed E-state index contributed by atoms with van der Waals surface area (Å²) in [6, 6.07) is 2.98. The summed E-state index contributed by atoms with van der Waals surface area (Å²) in [6.45, 7) is 0.778. The lowest BCUT2D eigenvalue weighted by molar-refractivity contribution is -0.137. The molecule has 0 saturated carbocycles. The van der Waals surface area contributed by atoms with Gasteiger partial charge in [0.1, 0.15) is 12.7 Å². The maximum atomic E-state index is 13.0. The van der Waals surface area contributed by atoms with Gasteiger partial charge in [-0.2, -0.15) is 18.3 Å². The average Bonchev–Trinajstić information content (AvgIpc) is 3.24. The number of hydrogen-bond donors (Lipinski definition) is 1. The maximum absolute atomic E-state index is 13.0. The molecule has 2 heterocycles. The van der Waals surface area contributed by atoms with Crippen LogP contribution in [0.1, 0.15) is 12.0 Å². The Labute approximate surface area is 150 Å².